The summed E-state index contributed by atoms with van der Waals surface area (Å²) in [5.41, 5.74) is 0.830. The summed E-state index contributed by atoms with van der Waals surface area (Å²) in [6, 6.07) is 7.06. The van der Waals surface area contributed by atoms with Gasteiger partial charge in [0.2, 0.25) is 17.6 Å². The monoisotopic (exact) mass is 303 g/mol. The molecule has 0 saturated heterocycles. The van der Waals surface area contributed by atoms with Crippen LogP contribution in [0.25, 0.3) is 11.4 Å². The van der Waals surface area contributed by atoms with Crippen molar-refractivity contribution in [3.8, 4) is 17.1 Å². The summed E-state index contributed by atoms with van der Waals surface area (Å²) in [7, 11) is 1.61. The number of aromatic nitrogens is 2. The Morgan fingerprint density at radius 1 is 1.27 bits per heavy atom. The van der Waals surface area contributed by atoms with Gasteiger partial charge < -0.3 is 14.6 Å². The maximum atomic E-state index is 11.8. The van der Waals surface area contributed by atoms with Crippen molar-refractivity contribution < 1.29 is 14.1 Å². The van der Waals surface area contributed by atoms with E-state index in [1.54, 1.807) is 7.11 Å². The predicted molar refractivity (Wildman–Crippen MR) is 82.3 cm³/mol. The van der Waals surface area contributed by atoms with Crippen molar-refractivity contribution in [3.63, 3.8) is 0 Å². The minimum atomic E-state index is -0.314. The van der Waals surface area contributed by atoms with Crippen LogP contribution in [0.1, 0.15) is 39.1 Å². The Bertz CT molecular complexity index is 620. The summed E-state index contributed by atoms with van der Waals surface area (Å²) in [4.78, 5) is 16.1. The van der Waals surface area contributed by atoms with E-state index in [4.69, 9.17) is 9.26 Å². The minimum absolute atomic E-state index is 0.0216. The van der Waals surface area contributed by atoms with Gasteiger partial charge in [-0.05, 0) is 37.1 Å². The second-order valence-corrected chi connectivity index (χ2v) is 5.57. The highest BCUT2D eigenvalue weighted by Crippen LogP contribution is 2.21. The molecule has 1 N–H and O–H groups in total. The number of hydrogen-bond donors (Lipinski definition) is 1. The Hall–Kier alpha value is -2.37. The molecule has 2 aromatic rings. The molecule has 1 atom stereocenters. The summed E-state index contributed by atoms with van der Waals surface area (Å²) in [6.45, 7) is 5.82. The summed E-state index contributed by atoms with van der Waals surface area (Å²) >= 11 is 0. The smallest absolute Gasteiger partial charge is 0.249 e. The average molecular weight is 303 g/mol. The number of nitrogens with one attached hydrogen (secondary N) is 1. The SMILES string of the molecule is COc1ccc(-c2noc([C@H](C)NC(=O)CC(C)C)n2)cc1. The standard InChI is InChI=1S/C16H21N3O3/c1-10(2)9-14(20)17-11(3)16-18-15(19-22-16)12-5-7-13(21-4)8-6-12/h5-8,10-11H,9H2,1-4H3,(H,17,20)/t11-/m0/s1. The Kier molecular flexibility index (Phi) is 5.14. The van der Waals surface area contributed by atoms with Crippen LogP contribution in [0.15, 0.2) is 28.8 Å². The number of methoxy groups -OCH3 is 1. The zero-order chi connectivity index (χ0) is 16.1. The van der Waals surface area contributed by atoms with Gasteiger partial charge >= 0.3 is 0 Å². The first-order valence-corrected chi connectivity index (χ1v) is 7.27. The molecule has 6 nitrogen and oxygen atoms in total. The summed E-state index contributed by atoms with van der Waals surface area (Å²) in [5.74, 6) is 1.93. The Morgan fingerprint density at radius 3 is 2.55 bits per heavy atom. The molecule has 0 aliphatic carbocycles. The molecule has 0 aliphatic rings. The maximum absolute atomic E-state index is 11.8. The zero-order valence-corrected chi connectivity index (χ0v) is 13.3. The first kappa shape index (κ1) is 16.0. The normalized spacial score (nSPS) is 12.2. The lowest BCUT2D eigenvalue weighted by molar-refractivity contribution is -0.122. The molecule has 1 aromatic carbocycles. The predicted octanol–water partition coefficient (Wildman–Crippen LogP) is 2.97. The van der Waals surface area contributed by atoms with Gasteiger partial charge in [-0.15, -0.1) is 0 Å². The van der Waals surface area contributed by atoms with E-state index < -0.39 is 0 Å². The van der Waals surface area contributed by atoms with Crippen molar-refractivity contribution in [3.05, 3.63) is 30.2 Å². The lowest BCUT2D eigenvalue weighted by Gasteiger charge is -2.10. The third kappa shape index (κ3) is 4.07. The van der Waals surface area contributed by atoms with Crippen molar-refractivity contribution >= 4 is 5.91 Å². The number of nitrogens with zero attached hydrogens (tertiary/aromatic N) is 2. The molecule has 6 heteroatoms. The van der Waals surface area contributed by atoms with Gasteiger partial charge in [-0.25, -0.2) is 0 Å². The third-order valence-electron chi connectivity index (χ3n) is 3.13. The molecule has 0 unspecified atom stereocenters. The molecule has 0 aliphatic heterocycles. The number of amides is 1. The Labute approximate surface area is 129 Å². The van der Waals surface area contributed by atoms with Gasteiger partial charge in [0.05, 0.1) is 7.11 Å². The van der Waals surface area contributed by atoms with E-state index in [1.807, 2.05) is 45.0 Å². The number of rotatable bonds is 6. The second kappa shape index (κ2) is 7.06. The van der Waals surface area contributed by atoms with Crippen LogP contribution in [-0.4, -0.2) is 23.2 Å². The first-order valence-electron chi connectivity index (χ1n) is 7.27. The van der Waals surface area contributed by atoms with E-state index in [0.29, 0.717) is 24.1 Å². The number of benzene rings is 1. The van der Waals surface area contributed by atoms with E-state index in [-0.39, 0.29) is 11.9 Å². The molecule has 1 aromatic heterocycles. The van der Waals surface area contributed by atoms with Gasteiger partial charge in [-0.3, -0.25) is 4.79 Å². The highest BCUT2D eigenvalue weighted by Gasteiger charge is 2.17. The largest absolute Gasteiger partial charge is 0.497 e. The second-order valence-electron chi connectivity index (χ2n) is 5.57. The van der Waals surface area contributed by atoms with Crippen molar-refractivity contribution in [2.24, 2.45) is 5.92 Å². The molecule has 118 valence electrons. The van der Waals surface area contributed by atoms with E-state index in [1.165, 1.54) is 0 Å². The van der Waals surface area contributed by atoms with Gasteiger partial charge in [0.15, 0.2) is 0 Å². The fraction of sp³-hybridized carbons (Fsp3) is 0.438. The molecule has 0 bridgehead atoms. The Morgan fingerprint density at radius 2 is 1.95 bits per heavy atom. The van der Waals surface area contributed by atoms with E-state index in [0.717, 1.165) is 11.3 Å². The maximum Gasteiger partial charge on any atom is 0.249 e. The summed E-state index contributed by atoms with van der Waals surface area (Å²) in [6.07, 6.45) is 0.476. The van der Waals surface area contributed by atoms with Crippen LogP contribution in [0.5, 0.6) is 5.75 Å². The lowest BCUT2D eigenvalue weighted by Crippen LogP contribution is -2.27. The van der Waals surface area contributed by atoms with E-state index in [9.17, 15) is 4.79 Å². The number of carbonyl (C=O) groups is 1. The van der Waals surface area contributed by atoms with Crippen LogP contribution >= 0.6 is 0 Å². The van der Waals surface area contributed by atoms with Crippen LogP contribution in [-0.2, 0) is 4.79 Å². The van der Waals surface area contributed by atoms with Crippen molar-refractivity contribution in [2.75, 3.05) is 7.11 Å². The van der Waals surface area contributed by atoms with Crippen LogP contribution in [0.4, 0.5) is 0 Å². The van der Waals surface area contributed by atoms with Crippen LogP contribution in [0.2, 0.25) is 0 Å². The topological polar surface area (TPSA) is 77.3 Å². The number of hydrogen-bond acceptors (Lipinski definition) is 5. The van der Waals surface area contributed by atoms with Gasteiger partial charge in [0.25, 0.3) is 0 Å². The highest BCUT2D eigenvalue weighted by atomic mass is 16.5. The zero-order valence-electron chi connectivity index (χ0n) is 13.3. The van der Waals surface area contributed by atoms with Crippen molar-refractivity contribution in [1.29, 1.82) is 0 Å². The highest BCUT2D eigenvalue weighted by molar-refractivity contribution is 5.76. The summed E-state index contributed by atoms with van der Waals surface area (Å²) in [5, 5.41) is 6.81. The molecule has 0 fully saturated rings. The summed E-state index contributed by atoms with van der Waals surface area (Å²) < 4.78 is 10.3. The fourth-order valence-electron chi connectivity index (χ4n) is 2.00. The molecule has 0 spiro atoms. The molecule has 0 saturated carbocycles. The van der Waals surface area contributed by atoms with E-state index >= 15 is 0 Å². The molecular weight excluding hydrogens is 282 g/mol. The first-order chi connectivity index (χ1) is 10.5. The molecule has 22 heavy (non-hydrogen) atoms. The number of ether oxygens (including phenoxy) is 1. The Balaban J connectivity index is 2.05. The van der Waals surface area contributed by atoms with Crippen molar-refractivity contribution in [2.45, 2.75) is 33.2 Å². The fourth-order valence-corrected chi connectivity index (χ4v) is 2.00. The molecule has 2 rings (SSSR count). The average Bonchev–Trinajstić information content (AvgIpc) is 2.96. The molecule has 0 radical (unpaired) electrons. The molecule has 1 amide bonds. The molecule has 1 heterocycles. The quantitative estimate of drug-likeness (QED) is 0.887. The lowest BCUT2D eigenvalue weighted by atomic mass is 10.1. The van der Waals surface area contributed by atoms with Crippen LogP contribution in [0.3, 0.4) is 0 Å². The number of carbonyl (C=O) groups excluding carboxylic acids is 1. The van der Waals surface area contributed by atoms with Crippen molar-refractivity contribution in [1.82, 2.24) is 15.5 Å². The van der Waals surface area contributed by atoms with E-state index in [2.05, 4.69) is 15.5 Å². The van der Waals surface area contributed by atoms with Crippen LogP contribution in [0, 0.1) is 5.92 Å². The third-order valence-corrected chi connectivity index (χ3v) is 3.13. The van der Waals surface area contributed by atoms with Gasteiger partial charge in [0, 0.05) is 12.0 Å². The van der Waals surface area contributed by atoms with Crippen LogP contribution < -0.4 is 10.1 Å². The van der Waals surface area contributed by atoms with Gasteiger partial charge in [0.1, 0.15) is 11.8 Å². The molecular formula is C16H21N3O3. The van der Waals surface area contributed by atoms with Gasteiger partial charge in [-0.1, -0.05) is 19.0 Å². The van der Waals surface area contributed by atoms with Gasteiger partial charge in [-0.2, -0.15) is 4.98 Å². The minimum Gasteiger partial charge on any atom is -0.497 e.